The number of fused-ring (bicyclic) bond motifs is 2. The van der Waals surface area contributed by atoms with Crippen LogP contribution in [0.3, 0.4) is 0 Å². The van der Waals surface area contributed by atoms with E-state index in [0.717, 1.165) is 11.1 Å². The third kappa shape index (κ3) is 5.40. The van der Waals surface area contributed by atoms with Gasteiger partial charge in [-0.3, -0.25) is 4.79 Å². The van der Waals surface area contributed by atoms with Crippen LogP contribution in [0.2, 0.25) is 0 Å². The fourth-order valence-electron chi connectivity index (χ4n) is 3.96. The zero-order chi connectivity index (χ0) is 25.1. The number of phenols is 1. The Morgan fingerprint density at radius 3 is 1.57 bits per heavy atom. The Kier molecular flexibility index (Phi) is 7.71. The summed E-state index contributed by atoms with van der Waals surface area (Å²) in [4.78, 5) is 24.1. The largest absolute Gasteiger partial charge is 0.507 e. The summed E-state index contributed by atoms with van der Waals surface area (Å²) >= 11 is 0. The monoisotopic (exact) mass is 537 g/mol. The summed E-state index contributed by atoms with van der Waals surface area (Å²) in [6.45, 7) is 3.85. The Morgan fingerprint density at radius 1 is 0.568 bits per heavy atom. The molecule has 37 heavy (non-hydrogen) atoms. The number of rotatable bonds is 2. The van der Waals surface area contributed by atoms with E-state index in [1.54, 1.807) is 24.3 Å². The van der Waals surface area contributed by atoms with E-state index in [1.165, 1.54) is 18.2 Å². The maximum Gasteiger partial charge on any atom is 0.197 e. The van der Waals surface area contributed by atoms with Gasteiger partial charge in [0.25, 0.3) is 0 Å². The van der Waals surface area contributed by atoms with Gasteiger partial charge in [0.2, 0.25) is 0 Å². The van der Waals surface area contributed by atoms with Crippen molar-refractivity contribution >= 4 is 21.9 Å². The van der Waals surface area contributed by atoms with Crippen molar-refractivity contribution in [2.45, 2.75) is 0 Å². The van der Waals surface area contributed by atoms with Crippen molar-refractivity contribution in [2.75, 3.05) is 0 Å². The Morgan fingerprint density at radius 2 is 1.03 bits per heavy atom. The summed E-state index contributed by atoms with van der Waals surface area (Å²) in [5.74, 6) is 1.03. The zero-order valence-corrected chi connectivity index (χ0v) is 22.9. The standard InChI is InChI=1S/C16H11O2.C15H10O3.Zn/c1-11-6-5-9-14-16(11)13(17)10-15(18-14)12-7-3-2-4-8-12;16-11-7-4-8-13-15(11)12(17)9-14(18-13)10-5-2-1-3-6-10;/h2-10H,1H2;1-9,16H;/q-1;;. The molecule has 0 aliphatic carbocycles. The Bertz CT molecular complexity index is 1650. The average Bonchev–Trinajstić information content (AvgIpc) is 2.90. The first-order valence-electron chi connectivity index (χ1n) is 11.3. The van der Waals surface area contributed by atoms with Gasteiger partial charge in [-0.05, 0) is 23.6 Å². The predicted molar refractivity (Wildman–Crippen MR) is 142 cm³/mol. The summed E-state index contributed by atoms with van der Waals surface area (Å²) in [5, 5.41) is 10.4. The molecular formula is C31H21O5Zn-. The van der Waals surface area contributed by atoms with Gasteiger partial charge in [0, 0.05) is 42.7 Å². The van der Waals surface area contributed by atoms with Gasteiger partial charge in [0.1, 0.15) is 33.7 Å². The number of benzene rings is 4. The van der Waals surface area contributed by atoms with Crippen LogP contribution in [0.4, 0.5) is 0 Å². The minimum Gasteiger partial charge on any atom is -0.507 e. The first kappa shape index (κ1) is 25.7. The Hall–Kier alpha value is -4.41. The van der Waals surface area contributed by atoms with Crippen LogP contribution in [-0.2, 0) is 19.5 Å². The molecule has 0 fully saturated rings. The number of aromatic hydroxyl groups is 1. The van der Waals surface area contributed by atoms with Crippen LogP contribution in [0, 0.1) is 6.92 Å². The molecule has 5 nitrogen and oxygen atoms in total. The zero-order valence-electron chi connectivity index (χ0n) is 19.9. The van der Waals surface area contributed by atoms with Crippen molar-refractivity contribution in [2.24, 2.45) is 0 Å². The summed E-state index contributed by atoms with van der Waals surface area (Å²) in [6.07, 6.45) is 0. The second-order valence-electron chi connectivity index (χ2n) is 8.12. The summed E-state index contributed by atoms with van der Waals surface area (Å²) < 4.78 is 11.4. The molecule has 6 heteroatoms. The van der Waals surface area contributed by atoms with Gasteiger partial charge in [-0.25, -0.2) is 0 Å². The fraction of sp³-hybridized carbons (Fsp3) is 0. The van der Waals surface area contributed by atoms with Gasteiger partial charge in [-0.2, -0.15) is 18.6 Å². The number of hydrogen-bond donors (Lipinski definition) is 1. The normalized spacial score (nSPS) is 10.4. The van der Waals surface area contributed by atoms with Gasteiger partial charge in [-0.15, -0.1) is 6.07 Å². The average molecular weight is 539 g/mol. The fourth-order valence-corrected chi connectivity index (χ4v) is 3.96. The molecule has 178 valence electrons. The van der Waals surface area contributed by atoms with Crippen molar-refractivity contribution in [1.82, 2.24) is 0 Å². The second-order valence-corrected chi connectivity index (χ2v) is 8.12. The van der Waals surface area contributed by atoms with Gasteiger partial charge in [-0.1, -0.05) is 66.7 Å². The molecule has 4 aromatic carbocycles. The van der Waals surface area contributed by atoms with Crippen molar-refractivity contribution in [3.05, 3.63) is 142 Å². The molecule has 0 amide bonds. The van der Waals surface area contributed by atoms with Gasteiger partial charge in [0.05, 0.1) is 5.58 Å². The molecular weight excluding hydrogens is 518 g/mol. The van der Waals surface area contributed by atoms with Crippen molar-refractivity contribution < 1.29 is 33.4 Å². The van der Waals surface area contributed by atoms with E-state index in [-0.39, 0.29) is 41.5 Å². The maximum atomic E-state index is 12.1. The van der Waals surface area contributed by atoms with E-state index in [0.29, 0.717) is 33.6 Å². The second kappa shape index (κ2) is 11.1. The van der Waals surface area contributed by atoms with Crippen LogP contribution in [0.15, 0.2) is 128 Å². The molecule has 0 spiro atoms. The van der Waals surface area contributed by atoms with Crippen LogP contribution in [0.1, 0.15) is 5.56 Å². The first-order chi connectivity index (χ1) is 17.5. The maximum absolute atomic E-state index is 12.1. The minimum absolute atomic E-state index is 0. The molecule has 0 radical (unpaired) electrons. The summed E-state index contributed by atoms with van der Waals surface area (Å²) in [5.41, 5.74) is 3.09. The molecule has 2 aromatic heterocycles. The quantitative estimate of drug-likeness (QED) is 0.194. The molecule has 0 saturated carbocycles. The topological polar surface area (TPSA) is 80.7 Å². The third-order valence-corrected chi connectivity index (χ3v) is 5.69. The van der Waals surface area contributed by atoms with Crippen LogP contribution >= 0.6 is 0 Å². The Labute approximate surface area is 225 Å². The van der Waals surface area contributed by atoms with Gasteiger partial charge >= 0.3 is 0 Å². The van der Waals surface area contributed by atoms with Crippen molar-refractivity contribution in [3.63, 3.8) is 0 Å². The van der Waals surface area contributed by atoms with Crippen molar-refractivity contribution in [1.29, 1.82) is 0 Å². The summed E-state index contributed by atoms with van der Waals surface area (Å²) in [6, 6.07) is 32.1. The third-order valence-electron chi connectivity index (χ3n) is 5.69. The molecule has 0 saturated heterocycles. The van der Waals surface area contributed by atoms with Crippen LogP contribution < -0.4 is 10.9 Å². The van der Waals surface area contributed by atoms with Crippen LogP contribution in [0.25, 0.3) is 44.6 Å². The molecule has 0 aliphatic heterocycles. The molecule has 6 aromatic rings. The molecule has 2 heterocycles. The van der Waals surface area contributed by atoms with E-state index in [2.05, 4.69) is 6.92 Å². The minimum atomic E-state index is -0.242. The van der Waals surface area contributed by atoms with E-state index < -0.39 is 0 Å². The Balaban J connectivity index is 0.000000168. The first-order valence-corrected chi connectivity index (χ1v) is 11.3. The molecule has 1 N–H and O–H groups in total. The molecule has 0 unspecified atom stereocenters. The van der Waals surface area contributed by atoms with E-state index >= 15 is 0 Å². The van der Waals surface area contributed by atoms with E-state index in [1.807, 2.05) is 66.7 Å². The van der Waals surface area contributed by atoms with Crippen molar-refractivity contribution in [3.8, 4) is 28.4 Å². The molecule has 0 bridgehead atoms. The number of phenolic OH excluding ortho intramolecular Hbond substituents is 1. The number of hydrogen-bond acceptors (Lipinski definition) is 5. The van der Waals surface area contributed by atoms with Crippen LogP contribution in [0.5, 0.6) is 5.75 Å². The smallest absolute Gasteiger partial charge is 0.197 e. The molecule has 0 aliphatic rings. The van der Waals surface area contributed by atoms with E-state index in [4.69, 9.17) is 8.83 Å². The molecule has 0 atom stereocenters. The van der Waals surface area contributed by atoms with Gasteiger partial charge in [0.15, 0.2) is 5.43 Å². The van der Waals surface area contributed by atoms with Gasteiger partial charge < -0.3 is 18.7 Å². The van der Waals surface area contributed by atoms with Crippen LogP contribution in [-0.4, -0.2) is 5.11 Å². The van der Waals surface area contributed by atoms with E-state index in [9.17, 15) is 14.7 Å². The summed E-state index contributed by atoms with van der Waals surface area (Å²) in [7, 11) is 0. The SMILES string of the molecule is O=c1cc(-c2ccccc2)oc2cccc(O)c12.[CH2-]c1cccc2oc(-c3ccccc3)cc(=O)c12.[Zn]. The molecule has 6 rings (SSSR count). The predicted octanol–water partition coefficient (Wildman–Crippen LogP) is 6.81.